The molecule has 0 saturated carbocycles. The molecule has 0 aliphatic rings. The number of benzene rings is 2. The second-order valence-corrected chi connectivity index (χ2v) is 5.92. The van der Waals surface area contributed by atoms with E-state index in [1.165, 1.54) is 12.1 Å². The molecule has 0 radical (unpaired) electrons. The monoisotopic (exact) mass is 370 g/mol. The molecule has 7 heteroatoms. The normalized spacial score (nSPS) is 11.2. The summed E-state index contributed by atoms with van der Waals surface area (Å²) in [5, 5.41) is 6.24. The van der Waals surface area contributed by atoms with Crippen molar-refractivity contribution in [1.29, 1.82) is 0 Å². The van der Waals surface area contributed by atoms with Crippen molar-refractivity contribution in [1.82, 2.24) is 5.32 Å². The first-order valence-corrected chi connectivity index (χ1v) is 8.14. The molecule has 0 spiro atoms. The lowest BCUT2D eigenvalue weighted by molar-refractivity contribution is -0.137. The third-order valence-corrected chi connectivity index (χ3v) is 3.73. The predicted octanol–water partition coefficient (Wildman–Crippen LogP) is 4.52. The average Bonchev–Trinajstić information content (AvgIpc) is 2.54. The Hall–Kier alpha value is -2.21. The highest BCUT2D eigenvalue weighted by Crippen LogP contribution is 2.30. The molecule has 0 heterocycles. The highest BCUT2D eigenvalue weighted by Gasteiger charge is 2.30. The number of rotatable bonds is 7. The molecule has 0 aromatic heterocycles. The summed E-state index contributed by atoms with van der Waals surface area (Å²) >= 11 is 5.89. The number of hydrogen-bond acceptors (Lipinski definition) is 2. The van der Waals surface area contributed by atoms with Crippen molar-refractivity contribution in [2.45, 2.75) is 19.0 Å². The summed E-state index contributed by atoms with van der Waals surface area (Å²) in [6, 6.07) is 12.3. The van der Waals surface area contributed by atoms with Crippen molar-refractivity contribution in [2.24, 2.45) is 0 Å². The number of carbonyl (C=O) groups excluding carboxylic acids is 1. The zero-order valence-electron chi connectivity index (χ0n) is 13.4. The number of alkyl halides is 3. The lowest BCUT2D eigenvalue weighted by Crippen LogP contribution is -2.27. The van der Waals surface area contributed by atoms with E-state index in [0.29, 0.717) is 23.7 Å². The fourth-order valence-electron chi connectivity index (χ4n) is 2.25. The summed E-state index contributed by atoms with van der Waals surface area (Å²) in [5.74, 6) is -0.165. The largest absolute Gasteiger partial charge is 0.416 e. The first kappa shape index (κ1) is 19.1. The average molecular weight is 371 g/mol. The first-order chi connectivity index (χ1) is 11.8. The van der Waals surface area contributed by atoms with Crippen LogP contribution in [0.3, 0.4) is 0 Å². The second-order valence-electron chi connectivity index (χ2n) is 5.49. The molecule has 0 aliphatic heterocycles. The van der Waals surface area contributed by atoms with Gasteiger partial charge < -0.3 is 10.6 Å². The van der Waals surface area contributed by atoms with Gasteiger partial charge in [-0.3, -0.25) is 4.79 Å². The number of nitrogens with one attached hydrogen (secondary N) is 2. The Morgan fingerprint density at radius 3 is 2.52 bits per heavy atom. The van der Waals surface area contributed by atoms with Crippen LogP contribution in [0.15, 0.2) is 48.5 Å². The molecule has 0 fully saturated rings. The van der Waals surface area contributed by atoms with Gasteiger partial charge in [0.15, 0.2) is 0 Å². The van der Waals surface area contributed by atoms with Crippen LogP contribution in [-0.2, 0) is 17.4 Å². The van der Waals surface area contributed by atoms with E-state index in [-0.39, 0.29) is 18.9 Å². The highest BCUT2D eigenvalue weighted by atomic mass is 35.5. The van der Waals surface area contributed by atoms with E-state index in [1.807, 2.05) is 18.2 Å². The van der Waals surface area contributed by atoms with Crippen LogP contribution in [0, 0.1) is 0 Å². The number of hydrogen-bond donors (Lipinski definition) is 2. The van der Waals surface area contributed by atoms with Gasteiger partial charge in [-0.2, -0.15) is 13.2 Å². The molecule has 0 atom stereocenters. The van der Waals surface area contributed by atoms with E-state index in [4.69, 9.17) is 11.6 Å². The summed E-state index contributed by atoms with van der Waals surface area (Å²) in [7, 11) is 0. The van der Waals surface area contributed by atoms with Gasteiger partial charge in [-0.1, -0.05) is 29.8 Å². The summed E-state index contributed by atoms with van der Waals surface area (Å²) in [6.07, 6.45) is -3.55. The molecule has 1 amide bonds. The molecule has 25 heavy (non-hydrogen) atoms. The van der Waals surface area contributed by atoms with Crippen LogP contribution in [0.4, 0.5) is 18.9 Å². The third-order valence-electron chi connectivity index (χ3n) is 3.50. The van der Waals surface area contributed by atoms with Gasteiger partial charge in [0.2, 0.25) is 5.91 Å². The first-order valence-electron chi connectivity index (χ1n) is 7.77. The van der Waals surface area contributed by atoms with Gasteiger partial charge in [0.05, 0.1) is 5.56 Å². The quantitative estimate of drug-likeness (QED) is 0.752. The SMILES string of the molecule is O=C(CCNc1cccc(C(F)(F)F)c1)NCCc1cccc(Cl)c1. The highest BCUT2D eigenvalue weighted by molar-refractivity contribution is 6.30. The van der Waals surface area contributed by atoms with Gasteiger partial charge >= 0.3 is 6.18 Å². The van der Waals surface area contributed by atoms with E-state index in [1.54, 1.807) is 6.07 Å². The van der Waals surface area contributed by atoms with E-state index < -0.39 is 11.7 Å². The van der Waals surface area contributed by atoms with E-state index in [2.05, 4.69) is 10.6 Å². The Labute approximate surface area is 149 Å². The summed E-state index contributed by atoms with van der Waals surface area (Å²) < 4.78 is 37.9. The van der Waals surface area contributed by atoms with Crippen molar-refractivity contribution in [3.8, 4) is 0 Å². The van der Waals surface area contributed by atoms with Crippen LogP contribution in [0.2, 0.25) is 5.02 Å². The Morgan fingerprint density at radius 1 is 1.04 bits per heavy atom. The molecule has 2 N–H and O–H groups in total. The molecule has 0 saturated heterocycles. The maximum absolute atomic E-state index is 12.6. The molecule has 2 rings (SSSR count). The van der Waals surface area contributed by atoms with Gasteiger partial charge in [-0.25, -0.2) is 0 Å². The predicted molar refractivity (Wildman–Crippen MR) is 92.7 cm³/mol. The fraction of sp³-hybridized carbons (Fsp3) is 0.278. The van der Waals surface area contributed by atoms with Crippen LogP contribution >= 0.6 is 11.6 Å². The van der Waals surface area contributed by atoms with Crippen molar-refractivity contribution >= 4 is 23.2 Å². The zero-order valence-corrected chi connectivity index (χ0v) is 14.1. The van der Waals surface area contributed by atoms with Crippen LogP contribution in [0.5, 0.6) is 0 Å². The summed E-state index contributed by atoms with van der Waals surface area (Å²) in [5.41, 5.74) is 0.639. The Balaban J connectivity index is 1.70. The zero-order chi connectivity index (χ0) is 18.3. The summed E-state index contributed by atoms with van der Waals surface area (Å²) in [6.45, 7) is 0.729. The molecule has 134 valence electrons. The minimum Gasteiger partial charge on any atom is -0.385 e. The second kappa shape index (κ2) is 8.76. The topological polar surface area (TPSA) is 41.1 Å². The Morgan fingerprint density at radius 2 is 1.80 bits per heavy atom. The molecule has 0 aliphatic carbocycles. The van der Waals surface area contributed by atoms with Gasteiger partial charge in [-0.15, -0.1) is 0 Å². The van der Waals surface area contributed by atoms with E-state index in [0.717, 1.165) is 17.7 Å². The van der Waals surface area contributed by atoms with Crippen molar-refractivity contribution < 1.29 is 18.0 Å². The number of carbonyl (C=O) groups is 1. The van der Waals surface area contributed by atoms with Crippen LogP contribution in [-0.4, -0.2) is 19.0 Å². The summed E-state index contributed by atoms with van der Waals surface area (Å²) in [4.78, 5) is 11.8. The molecule has 0 unspecified atom stereocenters. The fourth-order valence-corrected chi connectivity index (χ4v) is 2.47. The molecule has 2 aromatic rings. The minimum absolute atomic E-state index is 0.165. The van der Waals surface area contributed by atoms with Crippen molar-refractivity contribution in [3.63, 3.8) is 0 Å². The van der Waals surface area contributed by atoms with Crippen LogP contribution < -0.4 is 10.6 Å². The molecular formula is C18H18ClF3N2O. The third kappa shape index (κ3) is 6.66. The maximum atomic E-state index is 12.6. The van der Waals surface area contributed by atoms with Crippen molar-refractivity contribution in [2.75, 3.05) is 18.4 Å². The number of anilines is 1. The van der Waals surface area contributed by atoms with E-state index >= 15 is 0 Å². The maximum Gasteiger partial charge on any atom is 0.416 e. The lowest BCUT2D eigenvalue weighted by atomic mass is 10.1. The molecule has 3 nitrogen and oxygen atoms in total. The molecule has 2 aromatic carbocycles. The van der Waals surface area contributed by atoms with Gasteiger partial charge in [0.1, 0.15) is 0 Å². The van der Waals surface area contributed by atoms with Gasteiger partial charge in [-0.05, 0) is 42.3 Å². The molecule has 0 bridgehead atoms. The Bertz CT molecular complexity index is 719. The van der Waals surface area contributed by atoms with Crippen LogP contribution in [0.25, 0.3) is 0 Å². The van der Waals surface area contributed by atoms with Crippen LogP contribution in [0.1, 0.15) is 17.5 Å². The van der Waals surface area contributed by atoms with Gasteiger partial charge in [0, 0.05) is 30.2 Å². The standard InChI is InChI=1S/C18H18ClF3N2O/c19-15-5-1-3-13(11-15)7-9-24-17(25)8-10-23-16-6-2-4-14(12-16)18(20,21)22/h1-6,11-12,23H,7-10H2,(H,24,25). The number of halogens is 4. The Kier molecular flexibility index (Phi) is 6.70. The van der Waals surface area contributed by atoms with Gasteiger partial charge in [0.25, 0.3) is 0 Å². The lowest BCUT2D eigenvalue weighted by Gasteiger charge is -2.11. The smallest absolute Gasteiger partial charge is 0.385 e. The van der Waals surface area contributed by atoms with E-state index in [9.17, 15) is 18.0 Å². The minimum atomic E-state index is -4.38. The van der Waals surface area contributed by atoms with Crippen molar-refractivity contribution in [3.05, 3.63) is 64.7 Å². The molecular weight excluding hydrogens is 353 g/mol. The number of amides is 1.